The molecule has 14 heteroatoms. The largest absolute Gasteiger partial charge is 0.481 e. The maximum Gasteiger partial charge on any atom is 0.325 e. The Bertz CT molecular complexity index is 797. The maximum atomic E-state index is 12.7. The van der Waals surface area contributed by atoms with E-state index in [1.807, 2.05) is 0 Å². The average molecular weight is 442 g/mol. The summed E-state index contributed by atoms with van der Waals surface area (Å²) in [6, 6.07) is -5.59. The number of aliphatic carboxylic acids is 2. The van der Waals surface area contributed by atoms with E-state index in [4.69, 9.17) is 15.9 Å². The van der Waals surface area contributed by atoms with Gasteiger partial charge in [0.05, 0.1) is 18.9 Å². The van der Waals surface area contributed by atoms with Crippen LogP contribution in [0, 0.1) is 0 Å². The van der Waals surface area contributed by atoms with Crippen molar-refractivity contribution in [3.8, 4) is 0 Å². The summed E-state index contributed by atoms with van der Waals surface area (Å²) >= 11 is 0. The molecule has 0 aromatic carbocycles. The predicted molar refractivity (Wildman–Crippen MR) is 103 cm³/mol. The summed E-state index contributed by atoms with van der Waals surface area (Å²) in [6.07, 6.45) is 0.506. The van der Waals surface area contributed by atoms with Crippen molar-refractivity contribution in [1.82, 2.24) is 25.9 Å². The van der Waals surface area contributed by atoms with Crippen molar-refractivity contribution >= 4 is 29.7 Å². The zero-order chi connectivity index (χ0) is 23.7. The molecule has 14 nitrogen and oxygen atoms in total. The second-order valence-corrected chi connectivity index (χ2v) is 6.84. The van der Waals surface area contributed by atoms with Crippen LogP contribution in [0.15, 0.2) is 12.5 Å². The lowest BCUT2D eigenvalue weighted by atomic mass is 10.1. The molecule has 0 bridgehead atoms. The van der Waals surface area contributed by atoms with Crippen molar-refractivity contribution in [2.24, 2.45) is 5.73 Å². The number of carbonyl (C=O) groups excluding carboxylic acids is 3. The van der Waals surface area contributed by atoms with Gasteiger partial charge >= 0.3 is 11.9 Å². The van der Waals surface area contributed by atoms with Crippen LogP contribution in [-0.4, -0.2) is 85.2 Å². The van der Waals surface area contributed by atoms with Crippen molar-refractivity contribution in [2.45, 2.75) is 57.0 Å². The number of aliphatic hydroxyl groups excluding tert-OH is 1. The van der Waals surface area contributed by atoms with Crippen LogP contribution in [-0.2, 0) is 30.4 Å². The van der Waals surface area contributed by atoms with Gasteiger partial charge in [0.1, 0.15) is 24.2 Å². The third-order valence-electron chi connectivity index (χ3n) is 4.18. The summed E-state index contributed by atoms with van der Waals surface area (Å²) in [5, 5.41) is 34.1. The molecule has 0 radical (unpaired) electrons. The van der Waals surface area contributed by atoms with Gasteiger partial charge in [-0.2, -0.15) is 0 Å². The van der Waals surface area contributed by atoms with Gasteiger partial charge in [0.15, 0.2) is 0 Å². The summed E-state index contributed by atoms with van der Waals surface area (Å²) in [7, 11) is 0. The van der Waals surface area contributed by atoms with Gasteiger partial charge in [0, 0.05) is 18.3 Å². The van der Waals surface area contributed by atoms with Gasteiger partial charge in [-0.3, -0.25) is 24.0 Å². The molecular formula is C17H26N6O8. The standard InChI is InChI=1S/C17H26N6O8/c1-7(17(30)31)21-14(27)10(3-9-5-19-6-20-9)22-15(28)11(4-12(25)26)23-16(29)13(18)8(2)24/h5-8,10-11,13,24H,3-4,18H2,1-2H3,(H,19,20)(H,21,27)(H,22,28)(H,23,29)(H,25,26)(H,30,31). The van der Waals surface area contributed by atoms with E-state index in [1.165, 1.54) is 26.4 Å². The molecule has 0 aliphatic heterocycles. The van der Waals surface area contributed by atoms with Gasteiger partial charge in [-0.15, -0.1) is 0 Å². The molecule has 1 rings (SSSR count). The van der Waals surface area contributed by atoms with Crippen molar-refractivity contribution in [3.63, 3.8) is 0 Å². The number of rotatable bonds is 12. The lowest BCUT2D eigenvalue weighted by Crippen LogP contribution is -2.58. The molecule has 1 aromatic rings. The van der Waals surface area contributed by atoms with Crippen molar-refractivity contribution < 1.29 is 39.3 Å². The number of aromatic nitrogens is 2. The molecule has 172 valence electrons. The van der Waals surface area contributed by atoms with Crippen molar-refractivity contribution in [3.05, 3.63) is 18.2 Å². The van der Waals surface area contributed by atoms with Crippen molar-refractivity contribution in [2.75, 3.05) is 0 Å². The van der Waals surface area contributed by atoms with Gasteiger partial charge < -0.3 is 42.0 Å². The van der Waals surface area contributed by atoms with Gasteiger partial charge in [-0.25, -0.2) is 4.98 Å². The van der Waals surface area contributed by atoms with E-state index in [0.29, 0.717) is 5.69 Å². The monoisotopic (exact) mass is 442 g/mol. The molecule has 0 saturated carbocycles. The third kappa shape index (κ3) is 8.39. The number of nitrogens with zero attached hydrogens (tertiary/aromatic N) is 1. The molecular weight excluding hydrogens is 416 g/mol. The molecule has 0 fully saturated rings. The molecule has 0 saturated heterocycles. The number of imidazole rings is 1. The van der Waals surface area contributed by atoms with E-state index in [2.05, 4.69) is 25.9 Å². The number of aromatic amines is 1. The minimum atomic E-state index is -1.61. The molecule has 1 heterocycles. The number of carboxylic acids is 2. The highest BCUT2D eigenvalue weighted by Gasteiger charge is 2.31. The molecule has 0 spiro atoms. The van der Waals surface area contributed by atoms with Crippen LogP contribution in [0.5, 0.6) is 0 Å². The molecule has 1 aromatic heterocycles. The Morgan fingerprint density at radius 2 is 1.61 bits per heavy atom. The smallest absolute Gasteiger partial charge is 0.325 e. The molecule has 31 heavy (non-hydrogen) atoms. The Morgan fingerprint density at radius 3 is 2.10 bits per heavy atom. The number of carbonyl (C=O) groups is 5. The Hall–Kier alpha value is -3.52. The van der Waals surface area contributed by atoms with Crippen LogP contribution in [0.25, 0.3) is 0 Å². The first-order valence-electron chi connectivity index (χ1n) is 9.19. The van der Waals surface area contributed by atoms with Crippen LogP contribution in [0.3, 0.4) is 0 Å². The van der Waals surface area contributed by atoms with Crippen LogP contribution in [0.2, 0.25) is 0 Å². The topological polar surface area (TPSA) is 237 Å². The van der Waals surface area contributed by atoms with E-state index >= 15 is 0 Å². The first kappa shape index (κ1) is 25.5. The normalized spacial score (nSPS) is 15.6. The molecule has 9 N–H and O–H groups in total. The Kier molecular flexibility index (Phi) is 9.56. The zero-order valence-corrected chi connectivity index (χ0v) is 16.9. The molecule has 3 amide bonds. The van der Waals surface area contributed by atoms with E-state index in [1.54, 1.807) is 0 Å². The van der Waals surface area contributed by atoms with Crippen LogP contribution in [0.1, 0.15) is 26.0 Å². The number of carboxylic acid groups (broad SMARTS) is 2. The summed E-state index contributed by atoms with van der Waals surface area (Å²) in [5.74, 6) is -5.55. The Balaban J connectivity index is 3.01. The van der Waals surface area contributed by atoms with Gasteiger partial charge in [-0.05, 0) is 13.8 Å². The molecule has 0 aliphatic carbocycles. The first-order valence-corrected chi connectivity index (χ1v) is 9.19. The second-order valence-electron chi connectivity index (χ2n) is 6.84. The fourth-order valence-corrected chi connectivity index (χ4v) is 2.34. The number of H-pyrrole nitrogens is 1. The van der Waals surface area contributed by atoms with Crippen LogP contribution >= 0.6 is 0 Å². The first-order chi connectivity index (χ1) is 14.4. The SMILES string of the molecule is CC(NC(=O)C(Cc1cnc[nH]1)NC(=O)C(CC(=O)O)NC(=O)C(N)C(C)O)C(=O)O. The summed E-state index contributed by atoms with van der Waals surface area (Å²) in [5.41, 5.74) is 5.92. The van der Waals surface area contributed by atoms with Gasteiger partial charge in [-0.1, -0.05) is 0 Å². The lowest BCUT2D eigenvalue weighted by molar-refractivity contribution is -0.143. The van der Waals surface area contributed by atoms with E-state index in [-0.39, 0.29) is 6.42 Å². The minimum absolute atomic E-state index is 0.120. The highest BCUT2D eigenvalue weighted by Crippen LogP contribution is 2.03. The summed E-state index contributed by atoms with van der Waals surface area (Å²) in [4.78, 5) is 65.9. The number of hydrogen-bond acceptors (Lipinski definition) is 8. The van der Waals surface area contributed by atoms with Crippen LogP contribution < -0.4 is 21.7 Å². The maximum absolute atomic E-state index is 12.7. The number of aliphatic hydroxyl groups is 1. The third-order valence-corrected chi connectivity index (χ3v) is 4.18. The van der Waals surface area contributed by atoms with Gasteiger partial charge in [0.25, 0.3) is 0 Å². The Morgan fingerprint density at radius 1 is 1.03 bits per heavy atom. The quantitative estimate of drug-likeness (QED) is 0.160. The number of hydrogen-bond donors (Lipinski definition) is 8. The molecule has 5 atom stereocenters. The predicted octanol–water partition coefficient (Wildman–Crippen LogP) is -3.31. The molecule has 0 aliphatic rings. The zero-order valence-electron chi connectivity index (χ0n) is 16.9. The summed E-state index contributed by atoms with van der Waals surface area (Å²) in [6.45, 7) is 2.46. The van der Waals surface area contributed by atoms with Crippen molar-refractivity contribution in [1.29, 1.82) is 0 Å². The van der Waals surface area contributed by atoms with E-state index in [9.17, 15) is 29.1 Å². The van der Waals surface area contributed by atoms with E-state index in [0.717, 1.165) is 0 Å². The lowest BCUT2D eigenvalue weighted by Gasteiger charge is -2.24. The number of nitrogens with one attached hydrogen (secondary N) is 4. The minimum Gasteiger partial charge on any atom is -0.481 e. The fraction of sp³-hybridized carbons (Fsp3) is 0.529. The Labute approximate surface area is 176 Å². The highest BCUT2D eigenvalue weighted by molar-refractivity contribution is 5.95. The van der Waals surface area contributed by atoms with E-state index < -0.39 is 66.4 Å². The highest BCUT2D eigenvalue weighted by atomic mass is 16.4. The van der Waals surface area contributed by atoms with Crippen LogP contribution in [0.4, 0.5) is 0 Å². The number of amides is 3. The van der Waals surface area contributed by atoms with Gasteiger partial charge in [0.2, 0.25) is 17.7 Å². The molecule has 5 unspecified atom stereocenters. The average Bonchev–Trinajstić information content (AvgIpc) is 3.18. The summed E-state index contributed by atoms with van der Waals surface area (Å²) < 4.78 is 0. The fourth-order valence-electron chi connectivity index (χ4n) is 2.34. The second kappa shape index (κ2) is 11.6. The number of nitrogens with two attached hydrogens (primary N) is 1.